The Balaban J connectivity index is 3.14. The molecule has 1 aromatic heterocycles. The fourth-order valence-electron chi connectivity index (χ4n) is 1.26. The summed E-state index contributed by atoms with van der Waals surface area (Å²) in [4.78, 5) is 15.5. The van der Waals surface area contributed by atoms with Crippen LogP contribution in [0.4, 0.5) is 5.82 Å². The Labute approximate surface area is 89.9 Å². The zero-order valence-electron chi connectivity index (χ0n) is 9.37. The van der Waals surface area contributed by atoms with E-state index in [0.29, 0.717) is 11.4 Å². The van der Waals surface area contributed by atoms with Crippen LogP contribution in [0.1, 0.15) is 42.7 Å². The van der Waals surface area contributed by atoms with Crippen molar-refractivity contribution in [3.63, 3.8) is 0 Å². The van der Waals surface area contributed by atoms with Gasteiger partial charge in [0.15, 0.2) is 0 Å². The minimum Gasteiger partial charge on any atom is -0.370 e. The average molecular weight is 207 g/mol. The highest BCUT2D eigenvalue weighted by molar-refractivity contribution is 5.93. The van der Waals surface area contributed by atoms with Gasteiger partial charge in [-0.05, 0) is 25.0 Å². The summed E-state index contributed by atoms with van der Waals surface area (Å²) >= 11 is 0. The van der Waals surface area contributed by atoms with Crippen molar-refractivity contribution in [3.8, 4) is 0 Å². The number of carbonyl (C=O) groups is 1. The Morgan fingerprint density at radius 2 is 2.20 bits per heavy atom. The number of hydrogen-bond acceptors (Lipinski definition) is 3. The fourth-order valence-corrected chi connectivity index (χ4v) is 1.26. The molecule has 0 aliphatic rings. The second-order valence-corrected chi connectivity index (χ2v) is 3.72. The largest absolute Gasteiger partial charge is 0.370 e. The van der Waals surface area contributed by atoms with Gasteiger partial charge in [-0.3, -0.25) is 4.79 Å². The lowest BCUT2D eigenvalue weighted by Gasteiger charge is -2.10. The number of primary amides is 1. The van der Waals surface area contributed by atoms with Crippen molar-refractivity contribution in [2.45, 2.75) is 26.7 Å². The summed E-state index contributed by atoms with van der Waals surface area (Å²) in [6, 6.07) is 3.42. The maximum absolute atomic E-state index is 11.1. The van der Waals surface area contributed by atoms with Gasteiger partial charge in [0.2, 0.25) is 5.91 Å². The molecular formula is C11H17N3O. The van der Waals surface area contributed by atoms with E-state index in [-0.39, 0.29) is 5.92 Å². The minimum absolute atomic E-state index is 0.279. The highest BCUT2D eigenvalue weighted by Crippen LogP contribution is 2.17. The van der Waals surface area contributed by atoms with Gasteiger partial charge < -0.3 is 11.1 Å². The third-order valence-corrected chi connectivity index (χ3v) is 2.08. The molecule has 82 valence electrons. The van der Waals surface area contributed by atoms with Gasteiger partial charge in [0.1, 0.15) is 5.82 Å². The van der Waals surface area contributed by atoms with Crippen molar-refractivity contribution < 1.29 is 4.79 Å². The van der Waals surface area contributed by atoms with E-state index in [4.69, 9.17) is 5.73 Å². The van der Waals surface area contributed by atoms with Crippen LogP contribution in [0.3, 0.4) is 0 Å². The fraction of sp³-hybridized carbons (Fsp3) is 0.455. The molecule has 0 aromatic carbocycles. The molecule has 0 aliphatic heterocycles. The van der Waals surface area contributed by atoms with Crippen LogP contribution in [-0.4, -0.2) is 17.4 Å². The predicted octanol–water partition coefficient (Wildman–Crippen LogP) is 1.74. The first-order chi connectivity index (χ1) is 7.04. The topological polar surface area (TPSA) is 68.0 Å². The molecular weight excluding hydrogens is 190 g/mol. The van der Waals surface area contributed by atoms with Crippen LogP contribution in [-0.2, 0) is 0 Å². The predicted molar refractivity (Wildman–Crippen MR) is 61.0 cm³/mol. The van der Waals surface area contributed by atoms with Gasteiger partial charge >= 0.3 is 0 Å². The summed E-state index contributed by atoms with van der Waals surface area (Å²) < 4.78 is 0. The summed E-state index contributed by atoms with van der Waals surface area (Å²) in [5.41, 5.74) is 6.63. The highest BCUT2D eigenvalue weighted by Gasteiger charge is 2.08. The molecule has 15 heavy (non-hydrogen) atoms. The normalized spacial score (nSPS) is 10.4. The summed E-state index contributed by atoms with van der Waals surface area (Å²) in [6.07, 6.45) is 0. The van der Waals surface area contributed by atoms with Gasteiger partial charge in [-0.15, -0.1) is 0 Å². The van der Waals surface area contributed by atoms with Gasteiger partial charge in [-0.25, -0.2) is 4.98 Å². The lowest BCUT2D eigenvalue weighted by molar-refractivity contribution is 0.1000. The molecule has 1 aromatic rings. The standard InChI is InChI=1S/C11H17N3O/c1-4-13-10-6-8(11(12)15)5-9(14-10)7(2)3/h5-7H,4H2,1-3H3,(H2,12,15)(H,13,14). The first-order valence-electron chi connectivity index (χ1n) is 5.10. The lowest BCUT2D eigenvalue weighted by Crippen LogP contribution is -2.13. The second kappa shape index (κ2) is 4.77. The molecule has 1 rings (SSSR count). The first kappa shape index (κ1) is 11.5. The molecule has 3 N–H and O–H groups in total. The third-order valence-electron chi connectivity index (χ3n) is 2.08. The number of hydrogen-bond donors (Lipinski definition) is 2. The SMILES string of the molecule is CCNc1cc(C(N)=O)cc(C(C)C)n1. The molecule has 1 amide bonds. The van der Waals surface area contributed by atoms with Crippen molar-refractivity contribution in [2.24, 2.45) is 5.73 Å². The lowest BCUT2D eigenvalue weighted by atomic mass is 10.1. The summed E-state index contributed by atoms with van der Waals surface area (Å²) in [7, 11) is 0. The van der Waals surface area contributed by atoms with E-state index in [0.717, 1.165) is 12.2 Å². The van der Waals surface area contributed by atoms with E-state index in [1.807, 2.05) is 20.8 Å². The molecule has 0 radical (unpaired) electrons. The van der Waals surface area contributed by atoms with Crippen molar-refractivity contribution in [1.82, 2.24) is 4.98 Å². The van der Waals surface area contributed by atoms with Crippen molar-refractivity contribution in [3.05, 3.63) is 23.4 Å². The molecule has 0 saturated heterocycles. The van der Waals surface area contributed by atoms with E-state index < -0.39 is 5.91 Å². The van der Waals surface area contributed by atoms with E-state index in [9.17, 15) is 4.79 Å². The van der Waals surface area contributed by atoms with Crippen LogP contribution in [0.5, 0.6) is 0 Å². The first-order valence-corrected chi connectivity index (χ1v) is 5.10. The second-order valence-electron chi connectivity index (χ2n) is 3.72. The van der Waals surface area contributed by atoms with Gasteiger partial charge in [-0.1, -0.05) is 13.8 Å². The number of pyridine rings is 1. The van der Waals surface area contributed by atoms with Crippen LogP contribution in [0, 0.1) is 0 Å². The van der Waals surface area contributed by atoms with Crippen LogP contribution < -0.4 is 11.1 Å². The molecule has 0 bridgehead atoms. The molecule has 4 nitrogen and oxygen atoms in total. The number of nitrogens with one attached hydrogen (secondary N) is 1. The number of carbonyl (C=O) groups excluding carboxylic acids is 1. The number of amides is 1. The Morgan fingerprint density at radius 3 is 2.67 bits per heavy atom. The van der Waals surface area contributed by atoms with E-state index in [2.05, 4.69) is 10.3 Å². The molecule has 0 fully saturated rings. The molecule has 0 unspecified atom stereocenters. The summed E-state index contributed by atoms with van der Waals surface area (Å²) in [5.74, 6) is 0.567. The Bertz CT molecular complexity index is 361. The summed E-state index contributed by atoms with van der Waals surface area (Å²) in [6.45, 7) is 6.81. The van der Waals surface area contributed by atoms with Crippen molar-refractivity contribution in [2.75, 3.05) is 11.9 Å². The van der Waals surface area contributed by atoms with Gasteiger partial charge in [0.05, 0.1) is 0 Å². The molecule has 4 heteroatoms. The molecule has 0 atom stereocenters. The van der Waals surface area contributed by atoms with Crippen LogP contribution in [0.2, 0.25) is 0 Å². The van der Waals surface area contributed by atoms with Gasteiger partial charge in [-0.2, -0.15) is 0 Å². The van der Waals surface area contributed by atoms with E-state index in [1.165, 1.54) is 0 Å². The third kappa shape index (κ3) is 2.94. The van der Waals surface area contributed by atoms with Gasteiger partial charge in [0.25, 0.3) is 0 Å². The van der Waals surface area contributed by atoms with Crippen LogP contribution in [0.15, 0.2) is 12.1 Å². The van der Waals surface area contributed by atoms with Crippen LogP contribution in [0.25, 0.3) is 0 Å². The number of aromatic nitrogens is 1. The Hall–Kier alpha value is -1.58. The smallest absolute Gasteiger partial charge is 0.248 e. The quantitative estimate of drug-likeness (QED) is 0.790. The maximum Gasteiger partial charge on any atom is 0.248 e. The molecule has 0 saturated carbocycles. The number of nitrogens with zero attached hydrogens (tertiary/aromatic N) is 1. The van der Waals surface area contributed by atoms with Crippen molar-refractivity contribution in [1.29, 1.82) is 0 Å². The number of anilines is 1. The minimum atomic E-state index is -0.418. The van der Waals surface area contributed by atoms with E-state index >= 15 is 0 Å². The van der Waals surface area contributed by atoms with Crippen molar-refractivity contribution >= 4 is 11.7 Å². The number of nitrogens with two attached hydrogens (primary N) is 1. The average Bonchev–Trinajstić information content (AvgIpc) is 2.17. The Morgan fingerprint density at radius 1 is 1.53 bits per heavy atom. The van der Waals surface area contributed by atoms with Crippen LogP contribution >= 0.6 is 0 Å². The Kier molecular flexibility index (Phi) is 3.66. The molecule has 1 heterocycles. The van der Waals surface area contributed by atoms with Gasteiger partial charge in [0, 0.05) is 17.8 Å². The zero-order valence-corrected chi connectivity index (χ0v) is 9.37. The highest BCUT2D eigenvalue weighted by atomic mass is 16.1. The molecule has 0 spiro atoms. The number of rotatable bonds is 4. The zero-order chi connectivity index (χ0) is 11.4. The summed E-state index contributed by atoms with van der Waals surface area (Å²) in [5, 5.41) is 3.08. The molecule has 0 aliphatic carbocycles. The monoisotopic (exact) mass is 207 g/mol. The van der Waals surface area contributed by atoms with E-state index in [1.54, 1.807) is 12.1 Å². The maximum atomic E-state index is 11.1.